The van der Waals surface area contributed by atoms with Gasteiger partial charge in [0.2, 0.25) is 0 Å². The smallest absolute Gasteiger partial charge is 0.319 e. The fourth-order valence-corrected chi connectivity index (χ4v) is 3.86. The molecule has 2 heterocycles. The first kappa shape index (κ1) is 19.6. The number of aromatic nitrogens is 1. The van der Waals surface area contributed by atoms with Crippen LogP contribution in [0.5, 0.6) is 0 Å². The molecule has 1 atom stereocenters. The quantitative estimate of drug-likeness (QED) is 0.798. The lowest BCUT2D eigenvalue weighted by Gasteiger charge is -2.34. The van der Waals surface area contributed by atoms with E-state index in [1.54, 1.807) is 12.1 Å². The molecule has 2 N–H and O–H groups in total. The number of halogens is 1. The number of nitrogens with zero attached hydrogens (tertiary/aromatic N) is 2. The molecule has 1 saturated carbocycles. The van der Waals surface area contributed by atoms with Gasteiger partial charge in [-0.25, -0.2) is 14.2 Å². The minimum atomic E-state index is -0.271. The van der Waals surface area contributed by atoms with Crippen LogP contribution in [0, 0.1) is 18.7 Å². The average molecular weight is 398 g/mol. The molecule has 1 aliphatic heterocycles. The van der Waals surface area contributed by atoms with Crippen molar-refractivity contribution in [3.8, 4) is 0 Å². The Bertz CT molecular complexity index is 848. The monoisotopic (exact) mass is 398 g/mol. The van der Waals surface area contributed by atoms with E-state index < -0.39 is 0 Å². The zero-order chi connectivity index (χ0) is 20.2. The summed E-state index contributed by atoms with van der Waals surface area (Å²) in [5, 5.41) is 6.01. The van der Waals surface area contributed by atoms with Crippen molar-refractivity contribution < 1.29 is 13.9 Å². The normalized spacial score (nSPS) is 18.1. The average Bonchev–Trinajstić information content (AvgIpc) is 2.69. The summed E-state index contributed by atoms with van der Waals surface area (Å²) in [6, 6.07) is 9.82. The molecule has 2 aliphatic rings. The molecule has 29 heavy (non-hydrogen) atoms. The summed E-state index contributed by atoms with van der Waals surface area (Å²) in [4.78, 5) is 19.5. The lowest BCUT2D eigenvalue weighted by Crippen LogP contribution is -2.39. The van der Waals surface area contributed by atoms with Crippen LogP contribution in [0.15, 0.2) is 36.4 Å². The molecule has 1 saturated heterocycles. The summed E-state index contributed by atoms with van der Waals surface area (Å²) >= 11 is 0. The van der Waals surface area contributed by atoms with Gasteiger partial charge >= 0.3 is 6.03 Å². The Morgan fingerprint density at radius 2 is 1.90 bits per heavy atom. The van der Waals surface area contributed by atoms with Crippen molar-refractivity contribution in [2.75, 3.05) is 36.5 Å². The standard InChI is InChI=1S/C22H27FN4O2/c1-15-19(9-10-20(24-15)27-11-13-29-14-12-27)25-22(28)26-21(16-3-2-4-16)17-5-7-18(23)8-6-17/h5-10,16,21H,2-4,11-14H2,1H3,(H2,25,26,28). The Balaban J connectivity index is 1.43. The van der Waals surface area contributed by atoms with Crippen molar-refractivity contribution in [3.05, 3.63) is 53.5 Å². The van der Waals surface area contributed by atoms with Gasteiger partial charge in [-0.15, -0.1) is 0 Å². The van der Waals surface area contributed by atoms with Gasteiger partial charge in [0.1, 0.15) is 11.6 Å². The highest BCUT2D eigenvalue weighted by Gasteiger charge is 2.30. The molecule has 0 spiro atoms. The van der Waals surface area contributed by atoms with Gasteiger partial charge in [-0.2, -0.15) is 0 Å². The predicted molar refractivity (Wildman–Crippen MR) is 111 cm³/mol. The first-order chi connectivity index (χ1) is 14.1. The third-order valence-electron chi connectivity index (χ3n) is 5.79. The van der Waals surface area contributed by atoms with Crippen LogP contribution in [-0.4, -0.2) is 37.3 Å². The molecule has 1 aromatic heterocycles. The van der Waals surface area contributed by atoms with E-state index in [0.29, 0.717) is 24.8 Å². The minimum Gasteiger partial charge on any atom is -0.378 e. The molecule has 1 aliphatic carbocycles. The SMILES string of the molecule is Cc1nc(N2CCOCC2)ccc1NC(=O)NC(c1ccc(F)cc1)C1CCC1. The molecule has 0 radical (unpaired) electrons. The first-order valence-corrected chi connectivity index (χ1v) is 10.2. The summed E-state index contributed by atoms with van der Waals surface area (Å²) in [6.45, 7) is 4.94. The summed E-state index contributed by atoms with van der Waals surface area (Å²) < 4.78 is 18.7. The Morgan fingerprint density at radius 1 is 1.17 bits per heavy atom. The lowest BCUT2D eigenvalue weighted by atomic mass is 9.77. The second-order valence-corrected chi connectivity index (χ2v) is 7.72. The van der Waals surface area contributed by atoms with E-state index in [2.05, 4.69) is 20.5 Å². The lowest BCUT2D eigenvalue weighted by molar-refractivity contribution is 0.122. The summed E-state index contributed by atoms with van der Waals surface area (Å²) in [7, 11) is 0. The van der Waals surface area contributed by atoms with Crippen LogP contribution in [0.25, 0.3) is 0 Å². The molecule has 1 unspecified atom stereocenters. The van der Waals surface area contributed by atoms with E-state index in [4.69, 9.17) is 4.74 Å². The van der Waals surface area contributed by atoms with Crippen molar-refractivity contribution in [2.45, 2.75) is 32.2 Å². The maximum atomic E-state index is 13.3. The minimum absolute atomic E-state index is 0.120. The van der Waals surface area contributed by atoms with Gasteiger partial charge in [-0.1, -0.05) is 18.6 Å². The number of hydrogen-bond donors (Lipinski definition) is 2. The third kappa shape index (κ3) is 4.67. The third-order valence-corrected chi connectivity index (χ3v) is 5.79. The van der Waals surface area contributed by atoms with Crippen LogP contribution in [0.3, 0.4) is 0 Å². The van der Waals surface area contributed by atoms with E-state index >= 15 is 0 Å². The number of pyridine rings is 1. The first-order valence-electron chi connectivity index (χ1n) is 10.2. The Hall–Kier alpha value is -2.67. The van der Waals surface area contributed by atoms with Crippen molar-refractivity contribution >= 4 is 17.5 Å². The number of ether oxygens (including phenoxy) is 1. The van der Waals surface area contributed by atoms with Crippen LogP contribution >= 0.6 is 0 Å². The number of anilines is 2. The highest BCUT2D eigenvalue weighted by atomic mass is 19.1. The van der Waals surface area contributed by atoms with Crippen LogP contribution in [-0.2, 0) is 4.74 Å². The largest absolute Gasteiger partial charge is 0.378 e. The van der Waals surface area contributed by atoms with Gasteiger partial charge < -0.3 is 20.3 Å². The Kier molecular flexibility index (Phi) is 5.94. The summed E-state index contributed by atoms with van der Waals surface area (Å²) in [5.74, 6) is 1.01. The number of hydrogen-bond acceptors (Lipinski definition) is 4. The van der Waals surface area contributed by atoms with Crippen molar-refractivity contribution in [3.63, 3.8) is 0 Å². The van der Waals surface area contributed by atoms with Crippen LogP contribution in [0.4, 0.5) is 20.7 Å². The fraction of sp³-hybridized carbons (Fsp3) is 0.455. The fourth-order valence-electron chi connectivity index (χ4n) is 3.86. The molecular weight excluding hydrogens is 371 g/mol. The van der Waals surface area contributed by atoms with Gasteiger partial charge in [-0.05, 0) is 55.5 Å². The zero-order valence-electron chi connectivity index (χ0n) is 16.7. The van der Waals surface area contributed by atoms with Gasteiger partial charge in [0.05, 0.1) is 30.6 Å². The predicted octanol–water partition coefficient (Wildman–Crippen LogP) is 4.03. The van der Waals surface area contributed by atoms with E-state index in [9.17, 15) is 9.18 Å². The highest BCUT2D eigenvalue weighted by molar-refractivity contribution is 5.90. The van der Waals surface area contributed by atoms with Crippen LogP contribution in [0.2, 0.25) is 0 Å². The number of amides is 2. The molecule has 7 heteroatoms. The van der Waals surface area contributed by atoms with Crippen LogP contribution < -0.4 is 15.5 Å². The Morgan fingerprint density at radius 3 is 2.52 bits per heavy atom. The maximum Gasteiger partial charge on any atom is 0.319 e. The van der Waals surface area contributed by atoms with Crippen molar-refractivity contribution in [2.24, 2.45) is 5.92 Å². The number of aryl methyl sites for hydroxylation is 1. The van der Waals surface area contributed by atoms with E-state index in [0.717, 1.165) is 49.4 Å². The molecule has 2 fully saturated rings. The second kappa shape index (κ2) is 8.78. The second-order valence-electron chi connectivity index (χ2n) is 7.72. The van der Waals surface area contributed by atoms with Crippen molar-refractivity contribution in [1.29, 1.82) is 0 Å². The summed E-state index contributed by atoms with van der Waals surface area (Å²) in [6.07, 6.45) is 3.30. The number of carbonyl (C=O) groups is 1. The molecule has 0 bridgehead atoms. The molecule has 154 valence electrons. The van der Waals surface area contributed by atoms with Crippen LogP contribution in [0.1, 0.15) is 36.6 Å². The van der Waals surface area contributed by atoms with Gasteiger partial charge in [0.25, 0.3) is 0 Å². The Labute approximate surface area is 170 Å². The molecular formula is C22H27FN4O2. The van der Waals surface area contributed by atoms with E-state index in [-0.39, 0.29) is 17.9 Å². The molecule has 6 nitrogen and oxygen atoms in total. The molecule has 2 aromatic rings. The van der Waals surface area contributed by atoms with E-state index in [1.165, 1.54) is 12.1 Å². The van der Waals surface area contributed by atoms with Crippen molar-refractivity contribution in [1.82, 2.24) is 10.3 Å². The molecule has 4 rings (SSSR count). The van der Waals surface area contributed by atoms with Gasteiger partial charge in [-0.3, -0.25) is 0 Å². The number of carbonyl (C=O) groups excluding carboxylic acids is 1. The maximum absolute atomic E-state index is 13.3. The topological polar surface area (TPSA) is 66.5 Å². The number of rotatable bonds is 5. The number of benzene rings is 1. The van der Waals surface area contributed by atoms with Gasteiger partial charge in [0.15, 0.2) is 0 Å². The van der Waals surface area contributed by atoms with E-state index in [1.807, 2.05) is 19.1 Å². The summed E-state index contributed by atoms with van der Waals surface area (Å²) in [5.41, 5.74) is 2.39. The number of nitrogens with one attached hydrogen (secondary N) is 2. The van der Waals surface area contributed by atoms with Gasteiger partial charge in [0, 0.05) is 13.1 Å². The molecule has 2 amide bonds. The zero-order valence-corrected chi connectivity index (χ0v) is 16.7. The number of urea groups is 1. The highest BCUT2D eigenvalue weighted by Crippen LogP contribution is 2.37. The molecule has 1 aromatic carbocycles. The number of morpholine rings is 1.